The molecule has 2 aromatic heterocycles. The van der Waals surface area contributed by atoms with E-state index in [2.05, 4.69) is 4.98 Å². The van der Waals surface area contributed by atoms with Gasteiger partial charge in [0, 0.05) is 24.8 Å². The molecule has 6 nitrogen and oxygen atoms in total. The van der Waals surface area contributed by atoms with Gasteiger partial charge in [0.15, 0.2) is 0 Å². The summed E-state index contributed by atoms with van der Waals surface area (Å²) in [6.07, 6.45) is 1.61. The fraction of sp³-hybridized carbons (Fsp3) is 0.118. The largest absolute Gasteiger partial charge is 0.425 e. The number of nitrogens with zero attached hydrogens (tertiary/aromatic N) is 1. The third-order valence-corrected chi connectivity index (χ3v) is 3.14. The summed E-state index contributed by atoms with van der Waals surface area (Å²) < 4.78 is 15.1. The Bertz CT molecular complexity index is 902. The summed E-state index contributed by atoms with van der Waals surface area (Å²) in [7, 11) is 1.40. The molecule has 3 aromatic rings. The van der Waals surface area contributed by atoms with E-state index >= 15 is 0 Å². The first-order chi connectivity index (χ1) is 11.2. The molecule has 0 amide bonds. The van der Waals surface area contributed by atoms with Crippen molar-refractivity contribution in [1.29, 1.82) is 0 Å². The van der Waals surface area contributed by atoms with Crippen molar-refractivity contribution >= 4 is 16.9 Å². The maximum absolute atomic E-state index is 12.1. The van der Waals surface area contributed by atoms with Crippen LogP contribution in [0, 0.1) is 0 Å². The number of ether oxygens (including phenoxy) is 2. The fourth-order valence-corrected chi connectivity index (χ4v) is 2.13. The average Bonchev–Trinajstić information content (AvgIpc) is 2.55. The van der Waals surface area contributed by atoms with Gasteiger partial charge in [0.2, 0.25) is 0 Å². The van der Waals surface area contributed by atoms with Crippen molar-refractivity contribution in [3.63, 3.8) is 0 Å². The molecule has 0 aliphatic rings. The Morgan fingerprint density at radius 1 is 1.22 bits per heavy atom. The van der Waals surface area contributed by atoms with Crippen LogP contribution < -0.4 is 10.4 Å². The zero-order valence-electron chi connectivity index (χ0n) is 12.3. The van der Waals surface area contributed by atoms with Crippen molar-refractivity contribution in [1.82, 2.24) is 4.98 Å². The molecule has 0 bridgehead atoms. The molecule has 0 saturated carbocycles. The van der Waals surface area contributed by atoms with Crippen LogP contribution in [-0.2, 0) is 9.53 Å². The van der Waals surface area contributed by atoms with Crippen LogP contribution in [0.25, 0.3) is 22.2 Å². The van der Waals surface area contributed by atoms with Crippen LogP contribution in [0.1, 0.15) is 0 Å². The minimum Gasteiger partial charge on any atom is -0.425 e. The first-order valence-electron chi connectivity index (χ1n) is 6.86. The van der Waals surface area contributed by atoms with Gasteiger partial charge in [0.05, 0.1) is 11.3 Å². The van der Waals surface area contributed by atoms with Gasteiger partial charge in [0.25, 0.3) is 0 Å². The van der Waals surface area contributed by atoms with E-state index in [1.807, 2.05) is 0 Å². The number of hydrogen-bond acceptors (Lipinski definition) is 6. The highest BCUT2D eigenvalue weighted by molar-refractivity contribution is 5.83. The van der Waals surface area contributed by atoms with Crippen molar-refractivity contribution < 1.29 is 18.7 Å². The number of methoxy groups -OCH3 is 1. The van der Waals surface area contributed by atoms with E-state index < -0.39 is 11.6 Å². The molecule has 116 valence electrons. The minimum atomic E-state index is -0.528. The van der Waals surface area contributed by atoms with E-state index in [1.165, 1.54) is 13.2 Å². The summed E-state index contributed by atoms with van der Waals surface area (Å²) in [5.74, 6) is -0.243. The van der Waals surface area contributed by atoms with Crippen molar-refractivity contribution in [3.8, 4) is 17.0 Å². The van der Waals surface area contributed by atoms with Crippen LogP contribution in [0.15, 0.2) is 57.9 Å². The van der Waals surface area contributed by atoms with E-state index in [4.69, 9.17) is 13.9 Å². The summed E-state index contributed by atoms with van der Waals surface area (Å²) in [6, 6.07) is 11.8. The van der Waals surface area contributed by atoms with Crippen molar-refractivity contribution in [2.75, 3.05) is 13.7 Å². The lowest BCUT2D eigenvalue weighted by Gasteiger charge is -2.05. The number of esters is 1. The SMILES string of the molecule is COCC(=O)Oc1ccc2cc(-c3ccccn3)c(=O)oc2c1. The molecule has 0 N–H and O–H groups in total. The molecule has 6 heteroatoms. The highest BCUT2D eigenvalue weighted by atomic mass is 16.6. The molecule has 3 rings (SSSR count). The molecule has 0 spiro atoms. The molecule has 2 heterocycles. The lowest BCUT2D eigenvalue weighted by Crippen LogP contribution is -2.14. The monoisotopic (exact) mass is 311 g/mol. The summed E-state index contributed by atoms with van der Waals surface area (Å²) >= 11 is 0. The third-order valence-electron chi connectivity index (χ3n) is 3.14. The van der Waals surface area contributed by atoms with Crippen LogP contribution in [0.3, 0.4) is 0 Å². The van der Waals surface area contributed by atoms with Gasteiger partial charge >= 0.3 is 11.6 Å². The topological polar surface area (TPSA) is 78.6 Å². The molecular weight excluding hydrogens is 298 g/mol. The van der Waals surface area contributed by atoms with Crippen LogP contribution in [0.4, 0.5) is 0 Å². The number of benzene rings is 1. The van der Waals surface area contributed by atoms with E-state index in [0.717, 1.165) is 0 Å². The Morgan fingerprint density at radius 2 is 2.09 bits per heavy atom. The maximum atomic E-state index is 12.1. The van der Waals surface area contributed by atoms with Crippen LogP contribution >= 0.6 is 0 Å². The normalized spacial score (nSPS) is 10.7. The second-order valence-electron chi connectivity index (χ2n) is 4.77. The second-order valence-corrected chi connectivity index (χ2v) is 4.77. The van der Waals surface area contributed by atoms with Gasteiger partial charge in [-0.05, 0) is 30.3 Å². The van der Waals surface area contributed by atoms with Crippen molar-refractivity contribution in [2.45, 2.75) is 0 Å². The molecule has 0 saturated heterocycles. The highest BCUT2D eigenvalue weighted by Crippen LogP contribution is 2.23. The average molecular weight is 311 g/mol. The first kappa shape index (κ1) is 14.9. The number of aromatic nitrogens is 1. The minimum absolute atomic E-state index is 0.152. The molecule has 0 atom stereocenters. The predicted octanol–water partition coefficient (Wildman–Crippen LogP) is 2.41. The van der Waals surface area contributed by atoms with Gasteiger partial charge in [-0.1, -0.05) is 6.07 Å². The molecule has 0 unspecified atom stereocenters. The molecule has 0 fully saturated rings. The molecule has 0 aliphatic carbocycles. The van der Waals surface area contributed by atoms with E-state index in [9.17, 15) is 9.59 Å². The fourth-order valence-electron chi connectivity index (χ4n) is 2.13. The van der Waals surface area contributed by atoms with Crippen molar-refractivity contribution in [2.24, 2.45) is 0 Å². The first-order valence-corrected chi connectivity index (χ1v) is 6.86. The molecule has 1 aromatic carbocycles. The Morgan fingerprint density at radius 3 is 2.83 bits per heavy atom. The highest BCUT2D eigenvalue weighted by Gasteiger charge is 2.10. The Labute approximate surface area is 131 Å². The summed E-state index contributed by atoms with van der Waals surface area (Å²) in [5, 5.41) is 0.705. The number of rotatable bonds is 4. The van der Waals surface area contributed by atoms with Crippen LogP contribution in [-0.4, -0.2) is 24.7 Å². The number of pyridine rings is 1. The predicted molar refractivity (Wildman–Crippen MR) is 83.2 cm³/mol. The van der Waals surface area contributed by atoms with E-state index in [1.54, 1.807) is 42.6 Å². The quantitative estimate of drug-likeness (QED) is 0.418. The second kappa shape index (κ2) is 6.41. The third kappa shape index (κ3) is 3.27. The summed E-state index contributed by atoms with van der Waals surface area (Å²) in [5.41, 5.74) is 0.745. The zero-order chi connectivity index (χ0) is 16.2. The maximum Gasteiger partial charge on any atom is 0.345 e. The number of carbonyl (C=O) groups excluding carboxylic acids is 1. The standard InChI is InChI=1S/C17H13NO5/c1-21-10-16(19)22-12-6-5-11-8-13(14-4-2-3-7-18-14)17(20)23-15(11)9-12/h2-9H,10H2,1H3. The number of hydrogen-bond donors (Lipinski definition) is 0. The van der Waals surface area contributed by atoms with Crippen molar-refractivity contribution in [3.05, 3.63) is 59.1 Å². The van der Waals surface area contributed by atoms with Gasteiger partial charge < -0.3 is 13.9 Å². The molecule has 0 aliphatic heterocycles. The number of carbonyl (C=O) groups is 1. The molecular formula is C17H13NO5. The van der Waals surface area contributed by atoms with Crippen LogP contribution in [0.2, 0.25) is 0 Å². The van der Waals surface area contributed by atoms with E-state index in [-0.39, 0.29) is 12.4 Å². The lowest BCUT2D eigenvalue weighted by atomic mass is 10.1. The van der Waals surface area contributed by atoms with Gasteiger partial charge in [-0.25, -0.2) is 9.59 Å². The van der Waals surface area contributed by atoms with Gasteiger partial charge in [-0.15, -0.1) is 0 Å². The molecule has 23 heavy (non-hydrogen) atoms. The molecule has 0 radical (unpaired) electrons. The number of fused-ring (bicyclic) bond motifs is 1. The lowest BCUT2D eigenvalue weighted by molar-refractivity contribution is -0.138. The van der Waals surface area contributed by atoms with Gasteiger partial charge in [-0.3, -0.25) is 4.98 Å². The van der Waals surface area contributed by atoms with Gasteiger partial charge in [0.1, 0.15) is 17.9 Å². The Hall–Kier alpha value is -2.99. The van der Waals surface area contributed by atoms with Crippen LogP contribution in [0.5, 0.6) is 5.75 Å². The van der Waals surface area contributed by atoms with Gasteiger partial charge in [-0.2, -0.15) is 0 Å². The Balaban J connectivity index is 1.99. The Kier molecular flexibility index (Phi) is 4.16. The summed E-state index contributed by atoms with van der Waals surface area (Å²) in [4.78, 5) is 27.7. The zero-order valence-corrected chi connectivity index (χ0v) is 12.3. The summed E-state index contributed by atoms with van der Waals surface area (Å²) in [6.45, 7) is -0.152. The van der Waals surface area contributed by atoms with E-state index in [0.29, 0.717) is 22.2 Å². The smallest absolute Gasteiger partial charge is 0.345 e.